The van der Waals surface area contributed by atoms with Crippen molar-refractivity contribution in [1.82, 2.24) is 14.5 Å². The molecule has 0 bridgehead atoms. The van der Waals surface area contributed by atoms with E-state index >= 15 is 0 Å². The van der Waals surface area contributed by atoms with Crippen molar-refractivity contribution < 1.29 is 32.3 Å². The Morgan fingerprint density at radius 1 is 1.17 bits per heavy atom. The van der Waals surface area contributed by atoms with E-state index in [-0.39, 0.29) is 25.4 Å². The van der Waals surface area contributed by atoms with Crippen LogP contribution in [0.3, 0.4) is 0 Å². The standard InChI is InChI=1S/C26H27F4N3O3/c1-25(2,24(35)36)10-3-6-22(34)32-12-9-17-18-5-4-11-31-23(18)33(21(17)15-32)14-16-7-8-19(20(27)13-16)26(28,29)30/h4-5,7-8,11,13H,3,6,9-10,12,14-15H2,1-2H3,(H,35,36). The predicted molar refractivity (Wildman–Crippen MR) is 125 cm³/mol. The van der Waals surface area contributed by atoms with E-state index in [1.807, 2.05) is 10.6 Å². The number of aliphatic carboxylic acids is 1. The monoisotopic (exact) mass is 505 g/mol. The van der Waals surface area contributed by atoms with Crippen LogP contribution in [-0.2, 0) is 35.3 Å². The minimum Gasteiger partial charge on any atom is -0.481 e. The number of rotatable bonds is 7. The average Bonchev–Trinajstić information content (AvgIpc) is 3.11. The van der Waals surface area contributed by atoms with Crippen LogP contribution < -0.4 is 0 Å². The van der Waals surface area contributed by atoms with Crippen molar-refractivity contribution in [2.75, 3.05) is 6.54 Å². The number of aromatic nitrogens is 2. The summed E-state index contributed by atoms with van der Waals surface area (Å²) < 4.78 is 55.0. The lowest BCUT2D eigenvalue weighted by Gasteiger charge is -2.29. The summed E-state index contributed by atoms with van der Waals surface area (Å²) in [5, 5.41) is 10.2. The molecule has 6 nitrogen and oxygen atoms in total. The number of carbonyl (C=O) groups excluding carboxylic acids is 1. The molecule has 192 valence electrons. The summed E-state index contributed by atoms with van der Waals surface area (Å²) in [7, 11) is 0. The van der Waals surface area contributed by atoms with E-state index < -0.39 is 28.9 Å². The molecule has 10 heteroatoms. The number of carbonyl (C=O) groups is 2. The summed E-state index contributed by atoms with van der Waals surface area (Å²) in [6.07, 6.45) is -1.55. The Morgan fingerprint density at radius 2 is 1.92 bits per heavy atom. The molecule has 0 unspecified atom stereocenters. The Kier molecular flexibility index (Phi) is 6.81. The van der Waals surface area contributed by atoms with E-state index in [4.69, 9.17) is 0 Å². The molecule has 0 saturated heterocycles. The minimum atomic E-state index is -4.77. The minimum absolute atomic E-state index is 0.0906. The quantitative estimate of drug-likeness (QED) is 0.436. The molecule has 1 aliphatic heterocycles. The number of hydrogen-bond donors (Lipinski definition) is 1. The van der Waals surface area contributed by atoms with Gasteiger partial charge in [0.2, 0.25) is 5.91 Å². The lowest BCUT2D eigenvalue weighted by atomic mass is 9.87. The smallest absolute Gasteiger partial charge is 0.419 e. The zero-order valence-corrected chi connectivity index (χ0v) is 20.0. The van der Waals surface area contributed by atoms with Gasteiger partial charge in [0.1, 0.15) is 11.5 Å². The highest BCUT2D eigenvalue weighted by atomic mass is 19.4. The second-order valence-electron chi connectivity index (χ2n) is 9.81. The van der Waals surface area contributed by atoms with Gasteiger partial charge in [-0.3, -0.25) is 9.59 Å². The maximum atomic E-state index is 14.2. The SMILES string of the molecule is CC(C)(CCCC(=O)N1CCc2c(n(Cc3ccc(C(F)(F)F)c(F)c3)c3ncccc23)C1)C(=O)O. The largest absolute Gasteiger partial charge is 0.481 e. The number of nitrogens with zero attached hydrogens (tertiary/aromatic N) is 3. The van der Waals surface area contributed by atoms with Crippen LogP contribution in [0.15, 0.2) is 36.5 Å². The molecule has 0 atom stereocenters. The first-order chi connectivity index (χ1) is 16.9. The number of alkyl halides is 3. The van der Waals surface area contributed by atoms with E-state index in [1.54, 1.807) is 31.0 Å². The van der Waals surface area contributed by atoms with Crippen molar-refractivity contribution in [2.24, 2.45) is 5.41 Å². The van der Waals surface area contributed by atoms with E-state index in [9.17, 15) is 32.3 Å². The van der Waals surface area contributed by atoms with Gasteiger partial charge in [0, 0.05) is 36.8 Å². The number of carboxylic acid groups (broad SMARTS) is 1. The molecule has 1 N–H and O–H groups in total. The summed E-state index contributed by atoms with van der Waals surface area (Å²) >= 11 is 0. The zero-order valence-electron chi connectivity index (χ0n) is 20.0. The number of pyridine rings is 1. The Balaban J connectivity index is 1.58. The first-order valence-electron chi connectivity index (χ1n) is 11.7. The Hall–Kier alpha value is -3.43. The van der Waals surface area contributed by atoms with Crippen molar-refractivity contribution in [3.8, 4) is 0 Å². The van der Waals surface area contributed by atoms with E-state index in [2.05, 4.69) is 4.98 Å². The molecule has 0 aliphatic carbocycles. The third-order valence-corrected chi connectivity index (χ3v) is 6.82. The third-order valence-electron chi connectivity index (χ3n) is 6.82. The third kappa shape index (κ3) is 5.08. The van der Waals surface area contributed by atoms with Gasteiger partial charge in [-0.25, -0.2) is 9.37 Å². The summed E-state index contributed by atoms with van der Waals surface area (Å²) in [5.41, 5.74) is 0.581. The van der Waals surface area contributed by atoms with Gasteiger partial charge in [0.05, 0.1) is 17.5 Å². The lowest BCUT2D eigenvalue weighted by Crippen LogP contribution is -2.36. The topological polar surface area (TPSA) is 75.4 Å². The van der Waals surface area contributed by atoms with Gasteiger partial charge < -0.3 is 14.6 Å². The molecule has 4 rings (SSSR count). The van der Waals surface area contributed by atoms with Crippen LogP contribution in [0.4, 0.5) is 17.6 Å². The first-order valence-corrected chi connectivity index (χ1v) is 11.7. The van der Waals surface area contributed by atoms with Crippen molar-refractivity contribution in [3.63, 3.8) is 0 Å². The zero-order chi connectivity index (χ0) is 26.3. The van der Waals surface area contributed by atoms with Gasteiger partial charge in [0.25, 0.3) is 0 Å². The molecule has 0 radical (unpaired) electrons. The number of benzene rings is 1. The molecule has 0 spiro atoms. The van der Waals surface area contributed by atoms with Gasteiger partial charge >= 0.3 is 12.1 Å². The molecular weight excluding hydrogens is 478 g/mol. The summed E-state index contributed by atoms with van der Waals surface area (Å²) in [4.78, 5) is 30.4. The van der Waals surface area contributed by atoms with E-state index in [0.29, 0.717) is 37.0 Å². The highest BCUT2D eigenvalue weighted by Gasteiger charge is 2.34. The van der Waals surface area contributed by atoms with Gasteiger partial charge in [-0.2, -0.15) is 13.2 Å². The molecule has 1 aromatic carbocycles. The Bertz CT molecular complexity index is 1310. The van der Waals surface area contributed by atoms with Gasteiger partial charge in [-0.15, -0.1) is 0 Å². The number of halogens is 4. The summed E-state index contributed by atoms with van der Waals surface area (Å²) in [6.45, 7) is 4.14. The van der Waals surface area contributed by atoms with Crippen LogP contribution in [0, 0.1) is 11.2 Å². The summed E-state index contributed by atoms with van der Waals surface area (Å²) in [6, 6.07) is 6.59. The van der Waals surface area contributed by atoms with Crippen molar-refractivity contribution in [3.05, 3.63) is 64.7 Å². The number of carboxylic acids is 1. The van der Waals surface area contributed by atoms with Crippen LogP contribution in [-0.4, -0.2) is 38.0 Å². The molecular formula is C26H27F4N3O3. The highest BCUT2D eigenvalue weighted by molar-refractivity contribution is 5.84. The fourth-order valence-electron chi connectivity index (χ4n) is 4.66. The molecule has 1 aliphatic rings. The van der Waals surface area contributed by atoms with E-state index in [1.165, 1.54) is 6.07 Å². The van der Waals surface area contributed by atoms with Crippen LogP contribution in [0.25, 0.3) is 11.0 Å². The number of fused-ring (bicyclic) bond motifs is 3. The molecule has 3 heterocycles. The normalized spacial score (nSPS) is 14.2. The fourth-order valence-corrected chi connectivity index (χ4v) is 4.66. The van der Waals surface area contributed by atoms with Gasteiger partial charge in [-0.05, 0) is 68.5 Å². The number of hydrogen-bond acceptors (Lipinski definition) is 3. The van der Waals surface area contributed by atoms with Crippen LogP contribution >= 0.6 is 0 Å². The van der Waals surface area contributed by atoms with Gasteiger partial charge in [-0.1, -0.05) is 6.07 Å². The number of amides is 1. The fraction of sp³-hybridized carbons (Fsp3) is 0.423. The second kappa shape index (κ2) is 9.55. The van der Waals surface area contributed by atoms with E-state index in [0.717, 1.165) is 28.8 Å². The summed E-state index contributed by atoms with van der Waals surface area (Å²) in [5.74, 6) is -2.33. The molecule has 1 amide bonds. The Labute approximate surface area is 205 Å². The molecule has 36 heavy (non-hydrogen) atoms. The predicted octanol–water partition coefficient (Wildman–Crippen LogP) is 5.41. The van der Waals surface area contributed by atoms with Crippen molar-refractivity contribution in [2.45, 2.75) is 58.8 Å². The van der Waals surface area contributed by atoms with Gasteiger partial charge in [0.15, 0.2) is 0 Å². The molecule has 0 saturated carbocycles. The Morgan fingerprint density at radius 3 is 2.58 bits per heavy atom. The van der Waals surface area contributed by atoms with Crippen molar-refractivity contribution >= 4 is 22.9 Å². The lowest BCUT2D eigenvalue weighted by molar-refractivity contribution is -0.147. The molecule has 2 aromatic heterocycles. The van der Waals surface area contributed by atoms with Crippen molar-refractivity contribution in [1.29, 1.82) is 0 Å². The van der Waals surface area contributed by atoms with Crippen LogP contribution in [0.5, 0.6) is 0 Å². The van der Waals surface area contributed by atoms with Crippen LogP contribution in [0.2, 0.25) is 0 Å². The molecule has 0 fully saturated rings. The molecule has 3 aromatic rings. The maximum absolute atomic E-state index is 14.2. The highest BCUT2D eigenvalue weighted by Crippen LogP contribution is 2.34. The first kappa shape index (κ1) is 25.7. The van der Waals surface area contributed by atoms with Crippen LogP contribution in [0.1, 0.15) is 55.5 Å². The second-order valence-corrected chi connectivity index (χ2v) is 9.81. The maximum Gasteiger partial charge on any atom is 0.419 e. The average molecular weight is 506 g/mol.